The number of nitrogens with one attached hydrogen (secondary N) is 1. The molecule has 0 radical (unpaired) electrons. The van der Waals surface area contributed by atoms with E-state index in [2.05, 4.69) is 22.2 Å². The van der Waals surface area contributed by atoms with Crippen molar-refractivity contribution in [3.05, 3.63) is 82.3 Å². The van der Waals surface area contributed by atoms with Crippen molar-refractivity contribution in [1.82, 2.24) is 9.80 Å². The summed E-state index contributed by atoms with van der Waals surface area (Å²) in [7, 11) is 0. The number of piperidine rings is 1. The number of nitriles is 1. The zero-order valence-corrected chi connectivity index (χ0v) is 24.0. The zero-order valence-electron chi connectivity index (χ0n) is 24.0. The molecule has 2 aliphatic heterocycles. The molecule has 8 heteroatoms. The van der Waals surface area contributed by atoms with E-state index in [1.165, 1.54) is 6.07 Å². The fourth-order valence-electron chi connectivity index (χ4n) is 5.78. The first-order valence-corrected chi connectivity index (χ1v) is 14.1. The predicted octanol–water partition coefficient (Wildman–Crippen LogP) is 4.63. The number of hydrogen-bond acceptors (Lipinski definition) is 6. The minimum atomic E-state index is -0.393. The van der Waals surface area contributed by atoms with Gasteiger partial charge in [0.05, 0.1) is 29.6 Å². The fraction of sp³-hybridized carbons (Fsp3) is 0.394. The molecule has 1 amide bonds. The minimum Gasteiger partial charge on any atom is -0.394 e. The fourth-order valence-corrected chi connectivity index (χ4v) is 5.78. The summed E-state index contributed by atoms with van der Waals surface area (Å²) in [6.07, 6.45) is 10.7. The van der Waals surface area contributed by atoms with Crippen LogP contribution in [0, 0.1) is 43.3 Å². The number of terminal acetylenes is 1. The SMILES string of the molecule is C#C/C=C(\C(C#N)=C/C)N1CCC(Nc2cc(C(=O)N3CCN(c4ccccc4F)C(CO)C3)c(C)cc2C)CC1. The van der Waals surface area contributed by atoms with Crippen LogP contribution >= 0.6 is 0 Å². The monoisotopic (exact) mass is 555 g/mol. The van der Waals surface area contributed by atoms with Crippen molar-refractivity contribution in [2.45, 2.75) is 45.7 Å². The number of carbonyl (C=O) groups is 1. The van der Waals surface area contributed by atoms with E-state index in [9.17, 15) is 19.6 Å². The van der Waals surface area contributed by atoms with E-state index in [-0.39, 0.29) is 24.4 Å². The van der Waals surface area contributed by atoms with Crippen molar-refractivity contribution < 1.29 is 14.3 Å². The summed E-state index contributed by atoms with van der Waals surface area (Å²) in [4.78, 5) is 19.5. The van der Waals surface area contributed by atoms with Gasteiger partial charge >= 0.3 is 0 Å². The van der Waals surface area contributed by atoms with E-state index in [1.807, 2.05) is 37.8 Å². The van der Waals surface area contributed by atoms with Crippen LogP contribution in [0.2, 0.25) is 0 Å². The van der Waals surface area contributed by atoms with Crippen LogP contribution in [0.4, 0.5) is 15.8 Å². The first kappa shape index (κ1) is 29.7. The van der Waals surface area contributed by atoms with Crippen LogP contribution in [-0.4, -0.2) is 72.2 Å². The maximum Gasteiger partial charge on any atom is 0.254 e. The topological polar surface area (TPSA) is 82.8 Å². The van der Waals surface area contributed by atoms with Crippen molar-refractivity contribution in [2.75, 3.05) is 49.5 Å². The number of allylic oxidation sites excluding steroid dienone is 3. The molecule has 2 aliphatic rings. The largest absolute Gasteiger partial charge is 0.394 e. The van der Waals surface area contributed by atoms with Gasteiger partial charge < -0.3 is 25.1 Å². The Balaban J connectivity index is 1.45. The summed E-state index contributed by atoms with van der Waals surface area (Å²) >= 11 is 0. The Morgan fingerprint density at radius 1 is 1.15 bits per heavy atom. The average molecular weight is 556 g/mol. The molecular weight excluding hydrogens is 517 g/mol. The molecule has 2 fully saturated rings. The number of carbonyl (C=O) groups excluding carboxylic acids is 1. The van der Waals surface area contributed by atoms with Crippen LogP contribution in [0.25, 0.3) is 0 Å². The number of rotatable bonds is 7. The molecule has 2 aromatic rings. The number of halogens is 1. The summed E-state index contributed by atoms with van der Waals surface area (Å²) in [6, 6.07) is 12.6. The number of anilines is 2. The van der Waals surface area contributed by atoms with Gasteiger partial charge in [-0.25, -0.2) is 4.39 Å². The van der Waals surface area contributed by atoms with E-state index in [0.717, 1.165) is 48.4 Å². The standard InChI is InChI=1S/C33H38FN5O2/c1-5-9-31(25(6-2)20-35)37-14-12-26(13-15-37)36-30-19-28(23(3)18-24(30)4)33(41)38-16-17-39(27(21-38)22-40)32-11-8-7-10-29(32)34/h1,6-11,18-19,26-27,36,40H,12-17,21-22H2,2-4H3/b25-6-,31-9+. The molecule has 4 rings (SSSR count). The smallest absolute Gasteiger partial charge is 0.254 e. The Morgan fingerprint density at radius 2 is 1.88 bits per heavy atom. The van der Waals surface area contributed by atoms with Crippen LogP contribution in [-0.2, 0) is 0 Å². The summed E-state index contributed by atoms with van der Waals surface area (Å²) in [5, 5.41) is 23.2. The van der Waals surface area contributed by atoms with Gasteiger partial charge in [-0.1, -0.05) is 30.2 Å². The van der Waals surface area contributed by atoms with E-state index in [4.69, 9.17) is 6.42 Å². The number of hydrogen-bond donors (Lipinski definition) is 2. The molecule has 1 atom stereocenters. The number of nitrogens with zero attached hydrogens (tertiary/aromatic N) is 4. The van der Waals surface area contributed by atoms with Crippen molar-refractivity contribution in [3.63, 3.8) is 0 Å². The van der Waals surface area contributed by atoms with Gasteiger partial charge in [-0.05, 0) is 62.9 Å². The Labute approximate surface area is 242 Å². The highest BCUT2D eigenvalue weighted by atomic mass is 19.1. The van der Waals surface area contributed by atoms with Gasteiger partial charge in [0.2, 0.25) is 0 Å². The van der Waals surface area contributed by atoms with Crippen molar-refractivity contribution in [2.24, 2.45) is 0 Å². The second-order valence-electron chi connectivity index (χ2n) is 10.6. The van der Waals surface area contributed by atoms with E-state index in [1.54, 1.807) is 35.3 Å². The van der Waals surface area contributed by atoms with Crippen molar-refractivity contribution >= 4 is 17.3 Å². The lowest BCUT2D eigenvalue weighted by molar-refractivity contribution is 0.0698. The normalized spacial score (nSPS) is 18.6. The Bertz CT molecular complexity index is 1410. The highest BCUT2D eigenvalue weighted by Gasteiger charge is 2.32. The van der Waals surface area contributed by atoms with Gasteiger partial charge in [0.25, 0.3) is 5.91 Å². The molecule has 214 valence electrons. The van der Waals surface area contributed by atoms with Gasteiger partial charge in [-0.3, -0.25) is 4.79 Å². The molecule has 0 aliphatic carbocycles. The molecule has 2 aromatic carbocycles. The van der Waals surface area contributed by atoms with Crippen LogP contribution in [0.5, 0.6) is 0 Å². The minimum absolute atomic E-state index is 0.0912. The number of aliphatic hydroxyl groups excluding tert-OH is 1. The predicted molar refractivity (Wildman–Crippen MR) is 161 cm³/mol. The van der Waals surface area contributed by atoms with E-state index >= 15 is 0 Å². The number of aryl methyl sites for hydroxylation is 2. The molecule has 2 heterocycles. The molecule has 7 nitrogen and oxygen atoms in total. The first-order valence-electron chi connectivity index (χ1n) is 14.1. The van der Waals surface area contributed by atoms with Gasteiger partial charge in [0.15, 0.2) is 0 Å². The summed E-state index contributed by atoms with van der Waals surface area (Å²) in [6.45, 7) is 8.32. The lowest BCUT2D eigenvalue weighted by atomic mass is 9.98. The summed E-state index contributed by atoms with van der Waals surface area (Å²) < 4.78 is 14.5. The third-order valence-corrected chi connectivity index (χ3v) is 8.04. The van der Waals surface area contributed by atoms with Crippen LogP contribution in [0.1, 0.15) is 41.3 Å². The lowest BCUT2D eigenvalue weighted by Crippen LogP contribution is -2.56. The number of piperazine rings is 1. The molecule has 0 spiro atoms. The Kier molecular flexibility index (Phi) is 9.70. The molecule has 41 heavy (non-hydrogen) atoms. The molecule has 2 N–H and O–H groups in total. The maximum absolute atomic E-state index is 14.5. The molecule has 0 aromatic heterocycles. The third kappa shape index (κ3) is 6.56. The number of para-hydroxylation sites is 1. The third-order valence-electron chi connectivity index (χ3n) is 8.04. The average Bonchev–Trinajstić information content (AvgIpc) is 2.98. The quantitative estimate of drug-likeness (QED) is 0.295. The van der Waals surface area contributed by atoms with Crippen LogP contribution in [0.15, 0.2) is 59.8 Å². The number of likely N-dealkylation sites (tertiary alicyclic amines) is 1. The van der Waals surface area contributed by atoms with Crippen LogP contribution < -0.4 is 10.2 Å². The second kappa shape index (κ2) is 13.4. The van der Waals surface area contributed by atoms with Gasteiger partial charge in [-0.2, -0.15) is 5.26 Å². The van der Waals surface area contributed by atoms with Crippen LogP contribution in [0.3, 0.4) is 0 Å². The first-order chi connectivity index (χ1) is 19.8. The Morgan fingerprint density at radius 3 is 2.51 bits per heavy atom. The number of benzene rings is 2. The van der Waals surface area contributed by atoms with Gasteiger partial charge in [0, 0.05) is 56.1 Å². The maximum atomic E-state index is 14.5. The second-order valence-corrected chi connectivity index (χ2v) is 10.6. The number of amides is 1. The highest BCUT2D eigenvalue weighted by Crippen LogP contribution is 2.29. The number of aliphatic hydroxyl groups is 1. The molecule has 2 saturated heterocycles. The zero-order chi connectivity index (χ0) is 29.5. The highest BCUT2D eigenvalue weighted by molar-refractivity contribution is 5.97. The molecular formula is C33H38FN5O2. The van der Waals surface area contributed by atoms with Crippen molar-refractivity contribution in [3.8, 4) is 18.4 Å². The Hall–Kier alpha value is -4.27. The van der Waals surface area contributed by atoms with Gasteiger partial charge in [-0.15, -0.1) is 6.42 Å². The molecule has 1 unspecified atom stereocenters. The molecule has 0 saturated carbocycles. The lowest BCUT2D eigenvalue weighted by Gasteiger charge is -2.42. The summed E-state index contributed by atoms with van der Waals surface area (Å²) in [5.41, 5.74) is 5.30. The van der Waals surface area contributed by atoms with E-state index < -0.39 is 6.04 Å². The van der Waals surface area contributed by atoms with E-state index in [0.29, 0.717) is 36.5 Å². The molecule has 0 bridgehead atoms. The van der Waals surface area contributed by atoms with Gasteiger partial charge in [0.1, 0.15) is 11.9 Å². The summed E-state index contributed by atoms with van der Waals surface area (Å²) in [5.74, 6) is 2.13. The van der Waals surface area contributed by atoms with Crippen molar-refractivity contribution in [1.29, 1.82) is 5.26 Å².